The van der Waals surface area contributed by atoms with Gasteiger partial charge in [0.1, 0.15) is 6.04 Å². The summed E-state index contributed by atoms with van der Waals surface area (Å²) in [6, 6.07) is 0.0908. The second-order valence-corrected chi connectivity index (χ2v) is 4.67. The van der Waals surface area contributed by atoms with Gasteiger partial charge in [0.25, 0.3) is 0 Å². The number of likely N-dealkylation sites (tertiary alicyclic amines) is 1. The monoisotopic (exact) mass is 213 g/mol. The number of aliphatic hydroxyl groups excluding tert-OH is 1. The zero-order valence-corrected chi connectivity index (χ0v) is 9.51. The van der Waals surface area contributed by atoms with Gasteiger partial charge in [0.2, 0.25) is 0 Å². The average molecular weight is 213 g/mol. The zero-order valence-electron chi connectivity index (χ0n) is 9.51. The molecule has 1 heterocycles. The molecule has 0 radical (unpaired) electrons. The topological polar surface area (TPSA) is 49.8 Å². The molecule has 4 heteroatoms. The Labute approximate surface area is 90.2 Å². The van der Waals surface area contributed by atoms with E-state index >= 15 is 0 Å². The highest BCUT2D eigenvalue weighted by Crippen LogP contribution is 2.46. The largest absolute Gasteiger partial charge is 0.465 e. The van der Waals surface area contributed by atoms with E-state index in [9.17, 15) is 9.90 Å². The Morgan fingerprint density at radius 3 is 2.80 bits per heavy atom. The van der Waals surface area contributed by atoms with Gasteiger partial charge in [0.05, 0.1) is 12.7 Å². The summed E-state index contributed by atoms with van der Waals surface area (Å²) in [7, 11) is 1.95. The van der Waals surface area contributed by atoms with Crippen molar-refractivity contribution >= 4 is 5.97 Å². The summed E-state index contributed by atoms with van der Waals surface area (Å²) in [6.45, 7) is 4.33. The minimum Gasteiger partial charge on any atom is -0.465 e. The van der Waals surface area contributed by atoms with Crippen LogP contribution in [0.1, 0.15) is 20.3 Å². The van der Waals surface area contributed by atoms with Gasteiger partial charge in [0, 0.05) is 12.0 Å². The Morgan fingerprint density at radius 2 is 2.27 bits per heavy atom. The molecule has 2 rings (SSSR count). The summed E-state index contributed by atoms with van der Waals surface area (Å²) in [6.07, 6.45) is 0.453. The Bertz CT molecular complexity index is 269. The van der Waals surface area contributed by atoms with E-state index in [2.05, 4.69) is 11.8 Å². The molecule has 2 bridgehead atoms. The van der Waals surface area contributed by atoms with Crippen LogP contribution in [0.4, 0.5) is 0 Å². The molecular weight excluding hydrogens is 194 g/mol. The molecule has 0 amide bonds. The van der Waals surface area contributed by atoms with E-state index < -0.39 is 0 Å². The quantitative estimate of drug-likeness (QED) is 0.668. The lowest BCUT2D eigenvalue weighted by atomic mass is 9.91. The standard InChI is InChI=1S/C11H19NO3/c1-4-15-11(14)10-9-6(2)7(12(10)3)5-8(9)13/h6-10,13H,4-5H2,1-3H3/t6-,7?,8+,9+,10-/m0/s1. The third-order valence-corrected chi connectivity index (χ3v) is 4.00. The fourth-order valence-corrected chi connectivity index (χ4v) is 3.29. The van der Waals surface area contributed by atoms with Gasteiger partial charge in [-0.2, -0.15) is 0 Å². The number of carbonyl (C=O) groups excluding carboxylic acids is 1. The van der Waals surface area contributed by atoms with Gasteiger partial charge in [-0.3, -0.25) is 9.69 Å². The number of hydrogen-bond acceptors (Lipinski definition) is 4. The van der Waals surface area contributed by atoms with Gasteiger partial charge in [0.15, 0.2) is 0 Å². The lowest BCUT2D eigenvalue weighted by Gasteiger charge is -2.32. The van der Waals surface area contributed by atoms with Crippen molar-refractivity contribution in [1.82, 2.24) is 4.90 Å². The van der Waals surface area contributed by atoms with Crippen molar-refractivity contribution in [2.24, 2.45) is 11.8 Å². The molecule has 1 aliphatic carbocycles. The number of nitrogens with zero attached hydrogens (tertiary/aromatic N) is 1. The van der Waals surface area contributed by atoms with E-state index in [0.29, 0.717) is 18.6 Å². The molecule has 1 N–H and O–H groups in total. The van der Waals surface area contributed by atoms with Gasteiger partial charge in [-0.25, -0.2) is 0 Å². The van der Waals surface area contributed by atoms with Crippen molar-refractivity contribution in [3.8, 4) is 0 Å². The number of carbonyl (C=O) groups is 1. The second-order valence-electron chi connectivity index (χ2n) is 4.67. The molecule has 0 spiro atoms. The molecule has 15 heavy (non-hydrogen) atoms. The van der Waals surface area contributed by atoms with E-state index in [1.807, 2.05) is 14.0 Å². The average Bonchev–Trinajstić information content (AvgIpc) is 2.57. The number of hydrogen-bond donors (Lipinski definition) is 1. The lowest BCUT2D eigenvalue weighted by Crippen LogP contribution is -2.48. The van der Waals surface area contributed by atoms with E-state index in [4.69, 9.17) is 4.74 Å². The first-order valence-electron chi connectivity index (χ1n) is 5.64. The van der Waals surface area contributed by atoms with Crippen LogP contribution < -0.4 is 0 Å². The third kappa shape index (κ3) is 1.47. The fraction of sp³-hybridized carbons (Fsp3) is 0.909. The molecule has 5 atom stereocenters. The minimum absolute atomic E-state index is 0.0547. The number of piperidine rings is 1. The maximum absolute atomic E-state index is 11.8. The normalized spacial score (nSPS) is 44.7. The molecule has 0 aromatic rings. The summed E-state index contributed by atoms with van der Waals surface area (Å²) in [4.78, 5) is 13.8. The van der Waals surface area contributed by atoms with Crippen LogP contribution in [0.2, 0.25) is 0 Å². The molecule has 1 aliphatic heterocycles. The maximum atomic E-state index is 11.8. The highest BCUT2D eigenvalue weighted by atomic mass is 16.5. The number of esters is 1. The molecule has 86 valence electrons. The first-order chi connectivity index (χ1) is 7.07. The second kappa shape index (κ2) is 3.76. The van der Waals surface area contributed by atoms with Crippen molar-refractivity contribution in [2.45, 2.75) is 38.5 Å². The molecule has 1 unspecified atom stereocenters. The lowest BCUT2D eigenvalue weighted by molar-refractivity contribution is -0.152. The summed E-state index contributed by atoms with van der Waals surface area (Å²) >= 11 is 0. The number of aliphatic hydroxyl groups is 1. The SMILES string of the molecule is CCOC(=O)[C@@H]1[C@H]2[C@H](O)CC([C@@H]2C)N1C. The first-order valence-corrected chi connectivity index (χ1v) is 5.64. The Kier molecular flexibility index (Phi) is 2.73. The summed E-state index contributed by atoms with van der Waals surface area (Å²) in [5.41, 5.74) is 0. The molecule has 4 nitrogen and oxygen atoms in total. The maximum Gasteiger partial charge on any atom is 0.323 e. The smallest absolute Gasteiger partial charge is 0.323 e. The molecule has 2 aliphatic rings. The molecular formula is C11H19NO3. The summed E-state index contributed by atoms with van der Waals surface area (Å²) in [5.74, 6) is 0.261. The first kappa shape index (κ1) is 10.9. The van der Waals surface area contributed by atoms with Crippen LogP contribution >= 0.6 is 0 Å². The van der Waals surface area contributed by atoms with Crippen molar-refractivity contribution in [2.75, 3.05) is 13.7 Å². The molecule has 0 aromatic heterocycles. The predicted molar refractivity (Wildman–Crippen MR) is 55.2 cm³/mol. The van der Waals surface area contributed by atoms with Crippen molar-refractivity contribution < 1.29 is 14.6 Å². The number of rotatable bonds is 2. The van der Waals surface area contributed by atoms with Crippen LogP contribution in [0, 0.1) is 11.8 Å². The highest BCUT2D eigenvalue weighted by molar-refractivity contribution is 5.77. The van der Waals surface area contributed by atoms with E-state index in [0.717, 1.165) is 6.42 Å². The zero-order chi connectivity index (χ0) is 11.2. The highest BCUT2D eigenvalue weighted by Gasteiger charge is 2.57. The van der Waals surface area contributed by atoms with Crippen molar-refractivity contribution in [3.63, 3.8) is 0 Å². The van der Waals surface area contributed by atoms with Crippen LogP contribution in [0.3, 0.4) is 0 Å². The van der Waals surface area contributed by atoms with Crippen LogP contribution in [0.15, 0.2) is 0 Å². The minimum atomic E-state index is -0.337. The van der Waals surface area contributed by atoms with Crippen LogP contribution in [0.5, 0.6) is 0 Å². The number of ether oxygens (including phenoxy) is 1. The van der Waals surface area contributed by atoms with Gasteiger partial charge in [-0.1, -0.05) is 6.92 Å². The van der Waals surface area contributed by atoms with E-state index in [1.165, 1.54) is 0 Å². The summed E-state index contributed by atoms with van der Waals surface area (Å²) < 4.78 is 5.05. The molecule has 2 fully saturated rings. The Morgan fingerprint density at radius 1 is 1.60 bits per heavy atom. The Hall–Kier alpha value is -0.610. The van der Waals surface area contributed by atoms with Crippen molar-refractivity contribution in [3.05, 3.63) is 0 Å². The van der Waals surface area contributed by atoms with Crippen LogP contribution in [0.25, 0.3) is 0 Å². The van der Waals surface area contributed by atoms with Crippen LogP contribution in [-0.4, -0.2) is 47.8 Å². The van der Waals surface area contributed by atoms with Gasteiger partial charge < -0.3 is 9.84 Å². The number of fused-ring (bicyclic) bond motifs is 2. The van der Waals surface area contributed by atoms with Crippen LogP contribution in [-0.2, 0) is 9.53 Å². The molecule has 1 saturated carbocycles. The number of likely N-dealkylation sites (N-methyl/N-ethyl adjacent to an activating group) is 1. The van der Waals surface area contributed by atoms with Gasteiger partial charge in [-0.15, -0.1) is 0 Å². The van der Waals surface area contributed by atoms with E-state index in [1.54, 1.807) is 0 Å². The third-order valence-electron chi connectivity index (χ3n) is 4.00. The fourth-order valence-electron chi connectivity index (χ4n) is 3.29. The predicted octanol–water partition coefficient (Wildman–Crippen LogP) is 0.249. The summed E-state index contributed by atoms with van der Waals surface area (Å²) in [5, 5.41) is 9.86. The molecule has 0 aromatic carbocycles. The van der Waals surface area contributed by atoms with Gasteiger partial charge in [-0.05, 0) is 26.3 Å². The Balaban J connectivity index is 2.16. The molecule has 1 saturated heterocycles. The van der Waals surface area contributed by atoms with E-state index in [-0.39, 0.29) is 24.0 Å². The van der Waals surface area contributed by atoms with Gasteiger partial charge >= 0.3 is 5.97 Å². The van der Waals surface area contributed by atoms with Crippen molar-refractivity contribution in [1.29, 1.82) is 0 Å².